The summed E-state index contributed by atoms with van der Waals surface area (Å²) in [6.45, 7) is 31.9. The summed E-state index contributed by atoms with van der Waals surface area (Å²) in [5, 5.41) is 13.4. The predicted molar refractivity (Wildman–Crippen MR) is 277 cm³/mol. The summed E-state index contributed by atoms with van der Waals surface area (Å²) in [6.07, 6.45) is 16.9. The van der Waals surface area contributed by atoms with Crippen molar-refractivity contribution in [1.29, 1.82) is 0 Å². The van der Waals surface area contributed by atoms with Gasteiger partial charge in [-0.1, -0.05) is 83.1 Å². The Morgan fingerprint density at radius 1 is 0.400 bits per heavy atom. The lowest BCUT2D eigenvalue weighted by Gasteiger charge is -2.21. The molecule has 0 aromatic carbocycles. The van der Waals surface area contributed by atoms with Crippen LogP contribution in [0.4, 0.5) is 29.2 Å². The number of rotatable bonds is 0. The van der Waals surface area contributed by atoms with Crippen LogP contribution in [0.15, 0.2) is 80.7 Å². The van der Waals surface area contributed by atoms with Gasteiger partial charge in [-0.15, -0.1) is 0 Å². The monoisotopic (exact) mass is 953 g/mol. The lowest BCUT2D eigenvalue weighted by atomic mass is 9.89. The van der Waals surface area contributed by atoms with E-state index in [1.165, 1.54) is 25.3 Å². The largest absolute Gasteiger partial charge is 0.383 e. The minimum Gasteiger partial charge on any atom is -0.383 e. The molecule has 0 bridgehead atoms. The molecular weight excluding hydrogens is 885 g/mol. The van der Waals surface area contributed by atoms with Crippen LogP contribution in [0.1, 0.15) is 127 Å². The molecule has 0 saturated carbocycles. The number of fused-ring (bicyclic) bond motifs is 5. The van der Waals surface area contributed by atoms with E-state index >= 15 is 0 Å². The van der Waals surface area contributed by atoms with Crippen LogP contribution in [0.3, 0.4) is 0 Å². The van der Waals surface area contributed by atoms with Crippen LogP contribution >= 0.6 is 0 Å². The van der Waals surface area contributed by atoms with Crippen LogP contribution in [0.25, 0.3) is 33.5 Å². The quantitative estimate of drug-likeness (QED) is 0.102. The van der Waals surface area contributed by atoms with E-state index in [9.17, 15) is 0 Å². The fraction of sp³-hybridized carbons (Fsp3) is 0.417. The standard InChI is InChI=1S/3C10H14N4.2C9H13N5/c1-10(2,3)7-6-13-9-8(11)12-4-5-14(7)9;1-10(2,3)14-5-4-7-8(11)12-6-13-9(7)14;1-10(2,3)8-5-4-7-9(11)12-6-13-14(7)8;1-9(2,3)6-4-11-8-7(10)12-5-13-14(6)8;1-9(2,3)6-4-13-14-7(6)11-5-12-8(14)10/h4-6H,1-3H3,(H2,11,12);2*4-6H,1-3H3,(H2,11,12,13);4-5H,1-3H3,(H2,10,12,13);4-5H,1-3H3,(H2,10,11,12). The van der Waals surface area contributed by atoms with Gasteiger partial charge in [0.05, 0.1) is 23.5 Å². The van der Waals surface area contributed by atoms with Crippen LogP contribution in [-0.2, 0) is 27.2 Å². The molecule has 0 aliphatic rings. The summed E-state index contributed by atoms with van der Waals surface area (Å²) >= 11 is 0. The van der Waals surface area contributed by atoms with Crippen molar-refractivity contribution in [3.63, 3.8) is 0 Å². The van der Waals surface area contributed by atoms with E-state index in [1.54, 1.807) is 27.6 Å². The molecule has 10 aromatic rings. The van der Waals surface area contributed by atoms with Crippen molar-refractivity contribution in [2.24, 2.45) is 0 Å². The first-order chi connectivity index (χ1) is 32.5. The second-order valence-corrected chi connectivity index (χ2v) is 21.7. The first-order valence-electron chi connectivity index (χ1n) is 22.6. The molecule has 0 saturated heterocycles. The van der Waals surface area contributed by atoms with Crippen molar-refractivity contribution >= 4 is 62.7 Å². The molecule has 0 amide bonds. The fourth-order valence-electron chi connectivity index (χ4n) is 7.23. The minimum absolute atomic E-state index is 0.000208. The van der Waals surface area contributed by atoms with Crippen molar-refractivity contribution in [3.8, 4) is 0 Å². The Bertz CT molecular complexity index is 2850. The van der Waals surface area contributed by atoms with E-state index in [2.05, 4.69) is 169 Å². The first kappa shape index (κ1) is 51.4. The normalized spacial score (nSPS) is 12.2. The Morgan fingerprint density at radius 2 is 0.957 bits per heavy atom. The predicted octanol–water partition coefficient (Wildman–Crippen LogP) is 6.99. The van der Waals surface area contributed by atoms with Crippen molar-refractivity contribution in [1.82, 2.24) is 82.7 Å². The maximum Gasteiger partial charge on any atom is 0.224 e. The highest BCUT2D eigenvalue weighted by atomic mass is 15.3. The lowest BCUT2D eigenvalue weighted by Crippen LogP contribution is -2.20. The van der Waals surface area contributed by atoms with Crippen LogP contribution in [0.2, 0.25) is 0 Å². The Hall–Kier alpha value is -8.04. The number of aromatic nitrogens is 17. The molecule has 0 spiro atoms. The second-order valence-electron chi connectivity index (χ2n) is 21.7. The van der Waals surface area contributed by atoms with Gasteiger partial charge in [0.15, 0.2) is 34.4 Å². The topological polar surface area (TPSA) is 307 Å². The summed E-state index contributed by atoms with van der Waals surface area (Å²) in [4.78, 5) is 36.5. The number of nitrogens with two attached hydrogens (primary N) is 5. The number of anilines is 5. The molecule has 22 heteroatoms. The van der Waals surface area contributed by atoms with Gasteiger partial charge in [-0.05, 0) is 44.4 Å². The molecule has 0 unspecified atom stereocenters. The first-order valence-corrected chi connectivity index (χ1v) is 22.6. The highest BCUT2D eigenvalue weighted by molar-refractivity contribution is 5.86. The molecule has 10 rings (SSSR count). The molecule has 0 fully saturated rings. The summed E-state index contributed by atoms with van der Waals surface area (Å²) in [6, 6.07) is 5.95. The zero-order valence-electron chi connectivity index (χ0n) is 43.0. The Balaban J connectivity index is 0.000000143. The zero-order valence-corrected chi connectivity index (χ0v) is 43.0. The molecular formula is C48H68N22. The van der Waals surface area contributed by atoms with E-state index in [0.29, 0.717) is 34.9 Å². The van der Waals surface area contributed by atoms with Gasteiger partial charge in [0.2, 0.25) is 5.95 Å². The maximum atomic E-state index is 5.75. The van der Waals surface area contributed by atoms with E-state index in [1.807, 2.05) is 45.7 Å². The average molecular weight is 953 g/mol. The van der Waals surface area contributed by atoms with Gasteiger partial charge in [-0.25, -0.2) is 53.9 Å². The molecule has 0 aliphatic heterocycles. The summed E-state index contributed by atoms with van der Waals surface area (Å²) in [5.41, 5.74) is 37.0. The third-order valence-electron chi connectivity index (χ3n) is 10.9. The highest BCUT2D eigenvalue weighted by Gasteiger charge is 2.23. The molecule has 0 radical (unpaired) electrons. The average Bonchev–Trinajstić information content (AvgIpc) is 4.09. The third-order valence-corrected chi connectivity index (χ3v) is 10.9. The van der Waals surface area contributed by atoms with Gasteiger partial charge in [-0.3, -0.25) is 4.40 Å². The van der Waals surface area contributed by atoms with E-state index in [4.69, 9.17) is 28.7 Å². The summed E-state index contributed by atoms with van der Waals surface area (Å²) in [7, 11) is 0. The Kier molecular flexibility index (Phi) is 14.1. The molecule has 22 nitrogen and oxygen atoms in total. The van der Waals surface area contributed by atoms with Gasteiger partial charge in [-0.2, -0.15) is 19.8 Å². The van der Waals surface area contributed by atoms with Gasteiger partial charge in [0.25, 0.3) is 0 Å². The number of hydrogen-bond donors (Lipinski definition) is 5. The molecule has 370 valence electrons. The molecule has 0 atom stereocenters. The third kappa shape index (κ3) is 11.1. The van der Waals surface area contributed by atoms with Crippen LogP contribution in [0, 0.1) is 0 Å². The highest BCUT2D eigenvalue weighted by Crippen LogP contribution is 2.28. The molecule has 70 heavy (non-hydrogen) atoms. The molecule has 0 aliphatic carbocycles. The Labute approximate surface area is 407 Å². The number of nitrogen functional groups attached to an aromatic ring is 5. The van der Waals surface area contributed by atoms with Gasteiger partial charge in [0.1, 0.15) is 42.3 Å². The molecule has 10 N–H and O–H groups in total. The SMILES string of the molecule is CC(C)(C)c1ccc2c(N)ncnn12.CC(C)(C)c1cnc2c(N)nccn12.CC(C)(C)c1cnc2c(N)ncnn12.CC(C)(C)c1cnn2c(N)ncnc12.CC(C)(C)n1ccc2c(N)ncnc21. The molecule has 10 aromatic heterocycles. The van der Waals surface area contributed by atoms with Gasteiger partial charge < -0.3 is 33.2 Å². The summed E-state index contributed by atoms with van der Waals surface area (Å²) in [5.74, 6) is 2.32. The van der Waals surface area contributed by atoms with E-state index in [0.717, 1.165) is 50.5 Å². The van der Waals surface area contributed by atoms with Crippen LogP contribution in [-0.4, -0.2) is 82.7 Å². The zero-order chi connectivity index (χ0) is 51.7. The van der Waals surface area contributed by atoms with Crippen molar-refractivity contribution in [2.45, 2.75) is 131 Å². The van der Waals surface area contributed by atoms with E-state index in [-0.39, 0.29) is 27.2 Å². The van der Waals surface area contributed by atoms with Gasteiger partial charge >= 0.3 is 0 Å². The van der Waals surface area contributed by atoms with E-state index < -0.39 is 0 Å². The lowest BCUT2D eigenvalue weighted by molar-refractivity contribution is 0.408. The Morgan fingerprint density at radius 3 is 1.59 bits per heavy atom. The van der Waals surface area contributed by atoms with Crippen LogP contribution < -0.4 is 28.7 Å². The second kappa shape index (κ2) is 19.2. The fourth-order valence-corrected chi connectivity index (χ4v) is 7.23. The summed E-state index contributed by atoms with van der Waals surface area (Å²) < 4.78 is 9.23. The van der Waals surface area contributed by atoms with Crippen LogP contribution in [0.5, 0.6) is 0 Å². The van der Waals surface area contributed by atoms with Crippen molar-refractivity contribution in [2.75, 3.05) is 28.7 Å². The maximum absolute atomic E-state index is 5.75. The van der Waals surface area contributed by atoms with Crippen molar-refractivity contribution < 1.29 is 0 Å². The number of nitrogens with zero attached hydrogens (tertiary/aromatic N) is 17. The number of imidazole rings is 2. The number of hydrogen-bond acceptors (Lipinski definition) is 17. The van der Waals surface area contributed by atoms with Gasteiger partial charge in [0, 0.05) is 63.5 Å². The molecule has 10 heterocycles. The minimum atomic E-state index is 0.000208. The smallest absolute Gasteiger partial charge is 0.224 e. The van der Waals surface area contributed by atoms with Crippen molar-refractivity contribution in [3.05, 3.63) is 103 Å².